The fourth-order valence-corrected chi connectivity index (χ4v) is 2.68. The van der Waals surface area contributed by atoms with Crippen LogP contribution in [0.2, 0.25) is 0 Å². The van der Waals surface area contributed by atoms with E-state index in [-0.39, 0.29) is 0 Å². The zero-order valence-electron chi connectivity index (χ0n) is 16.4. The molecule has 0 bridgehead atoms. The molecule has 0 atom stereocenters. The van der Waals surface area contributed by atoms with Crippen molar-refractivity contribution >= 4 is 29.5 Å². The Kier molecular flexibility index (Phi) is 10.7. The van der Waals surface area contributed by atoms with Gasteiger partial charge < -0.3 is 10.1 Å². The lowest BCUT2D eigenvalue weighted by atomic mass is 10.0. The van der Waals surface area contributed by atoms with E-state index in [9.17, 15) is 4.79 Å². The van der Waals surface area contributed by atoms with Gasteiger partial charge in [-0.1, -0.05) is 49.4 Å². The molecule has 0 heterocycles. The number of carbonyl (C=O) groups is 1. The molecule has 0 aliphatic carbocycles. The molecule has 0 radical (unpaired) electrons. The van der Waals surface area contributed by atoms with Gasteiger partial charge in [-0.2, -0.15) is 0 Å². The minimum atomic E-state index is 0.716. The molecule has 27 heavy (non-hydrogen) atoms. The highest BCUT2D eigenvalue weighted by atomic mass is 32.2. The van der Waals surface area contributed by atoms with Crippen molar-refractivity contribution in [3.8, 4) is 5.75 Å². The topological polar surface area (TPSA) is 64.4 Å². The summed E-state index contributed by atoms with van der Waals surface area (Å²) in [6.45, 7) is 4.13. The van der Waals surface area contributed by atoms with Crippen LogP contribution in [-0.2, 0) is 0 Å². The molecule has 0 spiro atoms. The van der Waals surface area contributed by atoms with Crippen LogP contribution < -0.4 is 15.2 Å². The van der Waals surface area contributed by atoms with Crippen LogP contribution in [0.1, 0.15) is 36.2 Å². The standard InChI is InChI=1S/C14H16O.C8H12N2OS/c1-3-5-6-13(4-2)14-9-7-12(11-15)8-10-14;1-10-6-3-4-8(12-9)7(5-6)11-2/h4-11H,3H2,1-2H3;3-5,10H,9H2,1-2H3/b6-5-,13-4+;. The van der Waals surface area contributed by atoms with Crippen LogP contribution in [0.4, 0.5) is 5.69 Å². The summed E-state index contributed by atoms with van der Waals surface area (Å²) in [5, 5.41) is 8.46. The summed E-state index contributed by atoms with van der Waals surface area (Å²) in [6.07, 6.45) is 8.20. The molecule has 0 amide bonds. The van der Waals surface area contributed by atoms with Gasteiger partial charge in [-0.15, -0.1) is 0 Å². The molecule has 0 unspecified atom stereocenters. The maximum absolute atomic E-state index is 10.5. The molecule has 2 rings (SSSR count). The number of nitrogens with one attached hydrogen (secondary N) is 1. The Morgan fingerprint density at radius 3 is 2.41 bits per heavy atom. The number of nitrogens with two attached hydrogens (primary N) is 1. The highest BCUT2D eigenvalue weighted by molar-refractivity contribution is 7.97. The second-order valence-electron chi connectivity index (χ2n) is 5.53. The number of carbonyl (C=O) groups excluding carboxylic acids is 1. The van der Waals surface area contributed by atoms with Crippen molar-refractivity contribution in [2.45, 2.75) is 25.2 Å². The predicted octanol–water partition coefficient (Wildman–Crippen LogP) is 5.57. The Bertz CT molecular complexity index is 768. The van der Waals surface area contributed by atoms with Crippen LogP contribution in [0.15, 0.2) is 65.6 Å². The summed E-state index contributed by atoms with van der Waals surface area (Å²) in [7, 11) is 3.50. The van der Waals surface area contributed by atoms with Gasteiger partial charge in [-0.25, -0.2) is 0 Å². The first-order valence-electron chi connectivity index (χ1n) is 8.74. The number of ether oxygens (including phenoxy) is 1. The number of benzene rings is 2. The monoisotopic (exact) mass is 384 g/mol. The zero-order valence-corrected chi connectivity index (χ0v) is 17.2. The minimum Gasteiger partial charge on any atom is -0.495 e. The van der Waals surface area contributed by atoms with Crippen LogP contribution >= 0.6 is 11.9 Å². The van der Waals surface area contributed by atoms with Gasteiger partial charge in [-0.05, 0) is 48.6 Å². The summed E-state index contributed by atoms with van der Waals surface area (Å²) in [5.41, 5.74) is 4.07. The molecule has 2 aromatic carbocycles. The first-order valence-corrected chi connectivity index (χ1v) is 9.62. The molecule has 144 valence electrons. The Balaban J connectivity index is 0.000000277. The molecule has 5 heteroatoms. The van der Waals surface area contributed by atoms with Crippen LogP contribution in [0.5, 0.6) is 5.75 Å². The van der Waals surface area contributed by atoms with E-state index in [1.54, 1.807) is 7.11 Å². The summed E-state index contributed by atoms with van der Waals surface area (Å²) in [6, 6.07) is 13.4. The molecule has 0 aromatic heterocycles. The number of hydrogen-bond donors (Lipinski definition) is 2. The number of allylic oxidation sites excluding steroid dienone is 4. The first-order chi connectivity index (χ1) is 13.1. The van der Waals surface area contributed by atoms with Gasteiger partial charge in [-0.3, -0.25) is 9.93 Å². The molecule has 0 saturated heterocycles. The smallest absolute Gasteiger partial charge is 0.150 e. The van der Waals surface area contributed by atoms with Gasteiger partial charge >= 0.3 is 0 Å². The Morgan fingerprint density at radius 1 is 1.22 bits per heavy atom. The molecule has 0 saturated carbocycles. The molecule has 3 N–H and O–H groups in total. The summed E-state index contributed by atoms with van der Waals surface area (Å²) >= 11 is 1.19. The normalized spacial score (nSPS) is 10.9. The van der Waals surface area contributed by atoms with E-state index in [1.807, 2.05) is 56.4 Å². The number of hydrogen-bond acceptors (Lipinski definition) is 5. The second kappa shape index (κ2) is 12.8. The van der Waals surface area contributed by atoms with Gasteiger partial charge in [0.1, 0.15) is 12.0 Å². The van der Waals surface area contributed by atoms with E-state index in [1.165, 1.54) is 17.5 Å². The van der Waals surface area contributed by atoms with E-state index in [2.05, 4.69) is 30.5 Å². The van der Waals surface area contributed by atoms with Gasteiger partial charge in [0.2, 0.25) is 0 Å². The fraction of sp³-hybridized carbons (Fsp3) is 0.227. The highest BCUT2D eigenvalue weighted by Gasteiger charge is 2.01. The third-order valence-corrected chi connectivity index (χ3v) is 4.39. The van der Waals surface area contributed by atoms with Gasteiger partial charge in [0.25, 0.3) is 0 Å². The second-order valence-corrected chi connectivity index (χ2v) is 6.20. The van der Waals surface area contributed by atoms with Gasteiger partial charge in [0, 0.05) is 24.4 Å². The molecule has 4 nitrogen and oxygen atoms in total. The molecular formula is C22H28N2O2S. The number of rotatable bonds is 7. The summed E-state index contributed by atoms with van der Waals surface area (Å²) in [5.74, 6) is 0.800. The average molecular weight is 385 g/mol. The van der Waals surface area contributed by atoms with E-state index in [4.69, 9.17) is 9.88 Å². The third-order valence-electron chi connectivity index (χ3n) is 3.80. The molecule has 2 aromatic rings. The van der Waals surface area contributed by atoms with E-state index in [0.29, 0.717) is 5.56 Å². The van der Waals surface area contributed by atoms with Gasteiger partial charge in [0.15, 0.2) is 0 Å². The first kappa shape index (κ1) is 22.5. The van der Waals surface area contributed by atoms with Crippen molar-refractivity contribution in [1.82, 2.24) is 0 Å². The van der Waals surface area contributed by atoms with Crippen molar-refractivity contribution in [3.63, 3.8) is 0 Å². The number of anilines is 1. The minimum absolute atomic E-state index is 0.716. The highest BCUT2D eigenvalue weighted by Crippen LogP contribution is 2.28. The number of aldehydes is 1. The average Bonchev–Trinajstić information content (AvgIpc) is 2.74. The lowest BCUT2D eigenvalue weighted by Crippen LogP contribution is -1.92. The van der Waals surface area contributed by atoms with Crippen molar-refractivity contribution in [2.24, 2.45) is 5.14 Å². The lowest BCUT2D eigenvalue weighted by Gasteiger charge is -2.07. The zero-order chi connectivity index (χ0) is 20.1. The molecule has 0 aliphatic rings. The Hall–Kier alpha value is -2.50. The fourth-order valence-electron chi connectivity index (χ4n) is 2.28. The van der Waals surface area contributed by atoms with E-state index in [0.717, 1.165) is 34.6 Å². The quantitative estimate of drug-likeness (QED) is 0.371. The lowest BCUT2D eigenvalue weighted by molar-refractivity contribution is 0.112. The largest absolute Gasteiger partial charge is 0.495 e. The molecule has 0 aliphatic heterocycles. The Morgan fingerprint density at radius 2 is 1.93 bits per heavy atom. The van der Waals surface area contributed by atoms with Gasteiger partial charge in [0.05, 0.1) is 12.0 Å². The molecule has 0 fully saturated rings. The van der Waals surface area contributed by atoms with Crippen molar-refractivity contribution in [3.05, 3.63) is 71.8 Å². The van der Waals surface area contributed by atoms with Crippen molar-refractivity contribution in [2.75, 3.05) is 19.5 Å². The SMILES string of the molecule is C/C=C(\C=C/CC)c1ccc(C=O)cc1.CNc1ccc(SN)c(OC)c1. The van der Waals surface area contributed by atoms with Crippen LogP contribution in [-0.4, -0.2) is 20.4 Å². The summed E-state index contributed by atoms with van der Waals surface area (Å²) < 4.78 is 5.14. The third kappa shape index (κ3) is 7.33. The van der Waals surface area contributed by atoms with E-state index < -0.39 is 0 Å². The van der Waals surface area contributed by atoms with Crippen LogP contribution in [0.25, 0.3) is 5.57 Å². The predicted molar refractivity (Wildman–Crippen MR) is 117 cm³/mol. The molecular weight excluding hydrogens is 356 g/mol. The number of methoxy groups -OCH3 is 1. The van der Waals surface area contributed by atoms with Crippen molar-refractivity contribution in [1.29, 1.82) is 0 Å². The summed E-state index contributed by atoms with van der Waals surface area (Å²) in [4.78, 5) is 11.4. The van der Waals surface area contributed by atoms with Crippen molar-refractivity contribution < 1.29 is 9.53 Å². The van der Waals surface area contributed by atoms with Crippen LogP contribution in [0, 0.1) is 0 Å². The van der Waals surface area contributed by atoms with E-state index >= 15 is 0 Å². The maximum Gasteiger partial charge on any atom is 0.150 e. The maximum atomic E-state index is 10.5. The Labute approximate surface area is 166 Å². The van der Waals surface area contributed by atoms with Crippen LogP contribution in [0.3, 0.4) is 0 Å².